The maximum absolute atomic E-state index is 10.0. The lowest BCUT2D eigenvalue weighted by atomic mass is 10.00. The Bertz CT molecular complexity index is 1040. The van der Waals surface area contributed by atoms with Crippen LogP contribution in [0.15, 0.2) is 30.3 Å². The predicted octanol–water partition coefficient (Wildman–Crippen LogP) is 4.48. The molecule has 3 N–H and O–H groups in total. The van der Waals surface area contributed by atoms with Gasteiger partial charge in [-0.1, -0.05) is 30.1 Å². The first-order valence-corrected chi connectivity index (χ1v) is 11.1. The second kappa shape index (κ2) is 11.0. The third kappa shape index (κ3) is 5.57. The van der Waals surface area contributed by atoms with Crippen molar-refractivity contribution in [2.45, 2.75) is 45.2 Å². The molecule has 1 atom stereocenters. The normalized spacial score (nSPS) is 14.6. The highest BCUT2D eigenvalue weighted by atomic mass is 35.5. The van der Waals surface area contributed by atoms with E-state index in [2.05, 4.69) is 21.8 Å². The Labute approximate surface area is 191 Å². The van der Waals surface area contributed by atoms with Gasteiger partial charge in [0.1, 0.15) is 0 Å². The molecule has 0 spiro atoms. The molecule has 6 nitrogen and oxygen atoms in total. The van der Waals surface area contributed by atoms with Gasteiger partial charge >= 0.3 is 0 Å². The number of aliphatic hydroxyl groups excluding tert-OH is 1. The number of aryl methyl sites for hydroxylation is 2. The Morgan fingerprint density at radius 3 is 2.77 bits per heavy atom. The van der Waals surface area contributed by atoms with Crippen molar-refractivity contribution in [1.29, 1.82) is 0 Å². The molecule has 1 unspecified atom stereocenters. The van der Waals surface area contributed by atoms with E-state index >= 15 is 0 Å². The maximum atomic E-state index is 10.0. The minimum Gasteiger partial charge on any atom is -0.483 e. The van der Waals surface area contributed by atoms with Crippen molar-refractivity contribution in [3.05, 3.63) is 63.0 Å². The van der Waals surface area contributed by atoms with Gasteiger partial charge in [0.05, 0.1) is 17.3 Å². The largest absolute Gasteiger partial charge is 0.483 e. The van der Waals surface area contributed by atoms with Crippen molar-refractivity contribution < 1.29 is 15.0 Å². The Morgan fingerprint density at radius 1 is 1.29 bits per heavy atom. The molecule has 0 radical (unpaired) electrons. The molecule has 4 rings (SSSR count). The molecule has 3 heterocycles. The van der Waals surface area contributed by atoms with Crippen LogP contribution in [0.5, 0.6) is 0 Å². The average Bonchev–Trinajstić information content (AvgIpc) is 3.13. The maximum Gasteiger partial charge on any atom is 0.290 e. The molecule has 3 aromatic rings. The Morgan fingerprint density at radius 2 is 2.06 bits per heavy atom. The summed E-state index contributed by atoms with van der Waals surface area (Å²) in [4.78, 5) is 18.9. The zero-order chi connectivity index (χ0) is 22.4. The monoisotopic (exact) mass is 463 g/mol. The van der Waals surface area contributed by atoms with Gasteiger partial charge in [-0.2, -0.15) is 0 Å². The summed E-state index contributed by atoms with van der Waals surface area (Å²) < 4.78 is 0. The SMILES string of the molecule is CCc1nc(CCC(CO)N2CCc3c([nH]c4ccc(Cl)cc34)C2)ccc1Cl.O=CO. The van der Waals surface area contributed by atoms with E-state index in [1.807, 2.05) is 30.3 Å². The lowest BCUT2D eigenvalue weighted by Gasteiger charge is -2.33. The first-order valence-electron chi connectivity index (χ1n) is 10.4. The molecular weight excluding hydrogens is 437 g/mol. The van der Waals surface area contributed by atoms with E-state index in [1.54, 1.807) is 0 Å². The molecular formula is C23H27Cl2N3O3. The van der Waals surface area contributed by atoms with Gasteiger partial charge in [0.15, 0.2) is 0 Å². The zero-order valence-electron chi connectivity index (χ0n) is 17.4. The smallest absolute Gasteiger partial charge is 0.290 e. The fraction of sp³-hybridized carbons (Fsp3) is 0.391. The van der Waals surface area contributed by atoms with Crippen LogP contribution in [0, 0.1) is 0 Å². The van der Waals surface area contributed by atoms with Crippen LogP contribution >= 0.6 is 23.2 Å². The summed E-state index contributed by atoms with van der Waals surface area (Å²) in [6, 6.07) is 10.0. The van der Waals surface area contributed by atoms with E-state index < -0.39 is 0 Å². The van der Waals surface area contributed by atoms with E-state index in [0.717, 1.165) is 65.7 Å². The van der Waals surface area contributed by atoms with Crippen LogP contribution in [-0.4, -0.2) is 50.7 Å². The molecule has 0 saturated heterocycles. The third-order valence-corrected chi connectivity index (χ3v) is 6.32. The van der Waals surface area contributed by atoms with Crippen molar-refractivity contribution in [3.63, 3.8) is 0 Å². The number of halogens is 2. The standard InChI is InChI=1S/C22H25Cl2N3O.CH2O2/c1-2-20-19(24)7-5-15(25-20)4-6-16(13-28)27-10-9-17-18-11-14(23)3-8-21(18)26-22(17)12-27;2-1-3/h3,5,7-8,11,16,26,28H,2,4,6,9-10,12-13H2,1H3;1H,(H,2,3). The molecule has 0 fully saturated rings. The molecule has 0 saturated carbocycles. The van der Waals surface area contributed by atoms with Crippen molar-refractivity contribution in [3.8, 4) is 0 Å². The summed E-state index contributed by atoms with van der Waals surface area (Å²) >= 11 is 12.4. The first-order chi connectivity index (χ1) is 15.0. The topological polar surface area (TPSA) is 89.5 Å². The highest BCUT2D eigenvalue weighted by molar-refractivity contribution is 6.31. The number of carboxylic acid groups (broad SMARTS) is 1. The number of rotatable bonds is 6. The number of pyridine rings is 1. The Balaban J connectivity index is 0.000000858. The summed E-state index contributed by atoms with van der Waals surface area (Å²) in [6.07, 6.45) is 3.50. The number of carbonyl (C=O) groups is 1. The van der Waals surface area contributed by atoms with Crippen molar-refractivity contribution in [2.75, 3.05) is 13.2 Å². The number of nitrogens with zero attached hydrogens (tertiary/aromatic N) is 2. The summed E-state index contributed by atoms with van der Waals surface area (Å²) in [5.74, 6) is 0. The highest BCUT2D eigenvalue weighted by Crippen LogP contribution is 2.30. The van der Waals surface area contributed by atoms with Crippen LogP contribution in [0.1, 0.15) is 36.0 Å². The Kier molecular flexibility index (Phi) is 8.32. The summed E-state index contributed by atoms with van der Waals surface area (Å²) in [5.41, 5.74) is 5.71. The van der Waals surface area contributed by atoms with Gasteiger partial charge < -0.3 is 15.2 Å². The van der Waals surface area contributed by atoms with E-state index in [9.17, 15) is 5.11 Å². The number of benzene rings is 1. The summed E-state index contributed by atoms with van der Waals surface area (Å²) in [6.45, 7) is 3.72. The lowest BCUT2D eigenvalue weighted by molar-refractivity contribution is -0.122. The number of H-pyrrole nitrogens is 1. The van der Waals surface area contributed by atoms with Crippen LogP contribution < -0.4 is 0 Å². The van der Waals surface area contributed by atoms with Gasteiger partial charge in [0.2, 0.25) is 0 Å². The quantitative estimate of drug-likeness (QED) is 0.468. The minimum atomic E-state index is -0.250. The molecule has 8 heteroatoms. The number of fused-ring (bicyclic) bond motifs is 3. The van der Waals surface area contributed by atoms with Gasteiger partial charge in [0, 0.05) is 46.4 Å². The van der Waals surface area contributed by atoms with Crippen LogP contribution in [-0.2, 0) is 30.6 Å². The molecule has 1 aliphatic rings. The number of hydrogen-bond acceptors (Lipinski definition) is 4. The highest BCUT2D eigenvalue weighted by Gasteiger charge is 2.25. The molecule has 0 aliphatic carbocycles. The molecule has 1 aliphatic heterocycles. The van der Waals surface area contributed by atoms with Crippen LogP contribution in [0.2, 0.25) is 10.0 Å². The molecule has 166 valence electrons. The fourth-order valence-electron chi connectivity index (χ4n) is 4.17. The average molecular weight is 464 g/mol. The van der Waals surface area contributed by atoms with Crippen LogP contribution in [0.4, 0.5) is 0 Å². The second-order valence-electron chi connectivity index (χ2n) is 7.56. The molecule has 0 amide bonds. The summed E-state index contributed by atoms with van der Waals surface area (Å²) in [5, 5.41) is 19.6. The van der Waals surface area contributed by atoms with E-state index in [0.29, 0.717) is 0 Å². The summed E-state index contributed by atoms with van der Waals surface area (Å²) in [7, 11) is 0. The van der Waals surface area contributed by atoms with E-state index in [4.69, 9.17) is 33.1 Å². The number of hydrogen-bond donors (Lipinski definition) is 3. The van der Waals surface area contributed by atoms with Crippen LogP contribution in [0.25, 0.3) is 10.9 Å². The second-order valence-corrected chi connectivity index (χ2v) is 8.40. The van der Waals surface area contributed by atoms with Crippen LogP contribution in [0.3, 0.4) is 0 Å². The third-order valence-electron chi connectivity index (χ3n) is 5.74. The van der Waals surface area contributed by atoms with Crippen molar-refractivity contribution in [2.24, 2.45) is 0 Å². The number of aliphatic hydroxyl groups is 1. The number of nitrogens with one attached hydrogen (secondary N) is 1. The zero-order valence-corrected chi connectivity index (χ0v) is 19.0. The minimum absolute atomic E-state index is 0.116. The van der Waals surface area contributed by atoms with Crippen molar-refractivity contribution in [1.82, 2.24) is 14.9 Å². The Hall–Kier alpha value is -2.12. The number of aromatic amines is 1. The lowest BCUT2D eigenvalue weighted by Crippen LogP contribution is -2.41. The van der Waals surface area contributed by atoms with Crippen molar-refractivity contribution >= 4 is 40.6 Å². The predicted molar refractivity (Wildman–Crippen MR) is 124 cm³/mol. The molecule has 31 heavy (non-hydrogen) atoms. The first kappa shape index (κ1) is 23.5. The van der Waals surface area contributed by atoms with Gasteiger partial charge in [-0.25, -0.2) is 0 Å². The van der Waals surface area contributed by atoms with Gasteiger partial charge in [-0.3, -0.25) is 14.7 Å². The van der Waals surface area contributed by atoms with Gasteiger partial charge in [0.25, 0.3) is 6.47 Å². The molecule has 0 bridgehead atoms. The fourth-order valence-corrected chi connectivity index (χ4v) is 4.58. The molecule has 2 aromatic heterocycles. The van der Waals surface area contributed by atoms with Gasteiger partial charge in [-0.15, -0.1) is 0 Å². The molecule has 1 aromatic carbocycles. The van der Waals surface area contributed by atoms with E-state index in [1.165, 1.54) is 16.6 Å². The van der Waals surface area contributed by atoms with E-state index in [-0.39, 0.29) is 19.1 Å². The van der Waals surface area contributed by atoms with Gasteiger partial charge in [-0.05, 0) is 61.6 Å². The number of aromatic nitrogens is 2.